The van der Waals surface area contributed by atoms with Crippen LogP contribution in [0.15, 0.2) is 47.3 Å². The number of nitrogens with one attached hydrogen (secondary N) is 1. The Morgan fingerprint density at radius 2 is 1.81 bits per heavy atom. The van der Waals surface area contributed by atoms with Crippen LogP contribution in [-0.2, 0) is 7.05 Å². The number of rotatable bonds is 4. The molecule has 3 heterocycles. The van der Waals surface area contributed by atoms with Gasteiger partial charge in [-0.25, -0.2) is 22.5 Å². The van der Waals surface area contributed by atoms with Gasteiger partial charge in [-0.05, 0) is 37.3 Å². The van der Waals surface area contributed by atoms with Gasteiger partial charge in [0.2, 0.25) is 0 Å². The zero-order valence-electron chi connectivity index (χ0n) is 19.7. The fourth-order valence-corrected chi connectivity index (χ4v) is 4.33. The second-order valence-electron chi connectivity index (χ2n) is 8.79. The van der Waals surface area contributed by atoms with E-state index in [-0.39, 0.29) is 23.6 Å². The first kappa shape index (κ1) is 24.4. The standard InChI is InChI=1S/C24H21F4N7O2/c1-12-30-20-17(33(12)2)8-6-15(22(20)34-10-18(29)24(27,28)11-34)31-23(37)16-7-9-19(36)35(32-16)21-13(25)4-3-5-14(21)26/h3-9,18H,10-11,29H2,1-2H3,(H,31,37)/t18-/m0/s1. The molecular formula is C24H21F4N7O2. The smallest absolute Gasteiger partial charge is 0.281 e. The molecule has 9 nitrogen and oxygen atoms in total. The van der Waals surface area contributed by atoms with Crippen molar-refractivity contribution in [2.24, 2.45) is 12.8 Å². The summed E-state index contributed by atoms with van der Waals surface area (Å²) < 4.78 is 59.5. The van der Waals surface area contributed by atoms with Gasteiger partial charge in [0.15, 0.2) is 11.6 Å². The zero-order valence-corrected chi connectivity index (χ0v) is 19.7. The van der Waals surface area contributed by atoms with Crippen LogP contribution in [0.5, 0.6) is 0 Å². The zero-order chi connectivity index (χ0) is 26.6. The summed E-state index contributed by atoms with van der Waals surface area (Å²) in [7, 11) is 1.77. The lowest BCUT2D eigenvalue weighted by Gasteiger charge is -2.22. The number of halogens is 4. The van der Waals surface area contributed by atoms with Crippen LogP contribution in [-0.4, -0.2) is 50.3 Å². The minimum Gasteiger partial charge on any atom is -0.360 e. The fraction of sp³-hybridized carbons (Fsp3) is 0.250. The second kappa shape index (κ2) is 8.69. The second-order valence-corrected chi connectivity index (χ2v) is 8.79. The molecule has 0 radical (unpaired) electrons. The predicted octanol–water partition coefficient (Wildman–Crippen LogP) is 2.74. The van der Waals surface area contributed by atoms with E-state index in [9.17, 15) is 27.2 Å². The highest BCUT2D eigenvalue weighted by molar-refractivity contribution is 6.08. The largest absolute Gasteiger partial charge is 0.360 e. The van der Waals surface area contributed by atoms with Crippen molar-refractivity contribution in [3.63, 3.8) is 0 Å². The fourth-order valence-electron chi connectivity index (χ4n) is 4.33. The molecule has 0 aliphatic carbocycles. The quantitative estimate of drug-likeness (QED) is 0.405. The SMILES string of the molecule is Cc1nc2c(N3C[C@H](N)C(F)(F)C3)c(NC(=O)c3ccc(=O)n(-c4c(F)cccc4F)n3)ccc2n1C. The van der Waals surface area contributed by atoms with Gasteiger partial charge in [0.1, 0.15) is 22.7 Å². The van der Waals surface area contributed by atoms with Gasteiger partial charge in [-0.15, -0.1) is 0 Å². The van der Waals surface area contributed by atoms with Crippen LogP contribution in [0, 0.1) is 18.6 Å². The number of aromatic nitrogens is 4. The first-order valence-electron chi connectivity index (χ1n) is 11.2. The van der Waals surface area contributed by atoms with E-state index in [0.29, 0.717) is 21.5 Å². The molecule has 3 N–H and O–H groups in total. The van der Waals surface area contributed by atoms with Gasteiger partial charge in [0, 0.05) is 19.7 Å². The van der Waals surface area contributed by atoms with Crippen molar-refractivity contribution in [2.75, 3.05) is 23.3 Å². The number of benzene rings is 2. The maximum absolute atomic E-state index is 14.3. The van der Waals surface area contributed by atoms with Crippen molar-refractivity contribution < 1.29 is 22.4 Å². The maximum Gasteiger partial charge on any atom is 0.281 e. The van der Waals surface area contributed by atoms with Crippen LogP contribution in [0.25, 0.3) is 16.7 Å². The summed E-state index contributed by atoms with van der Waals surface area (Å²) in [4.78, 5) is 31.3. The highest BCUT2D eigenvalue weighted by Crippen LogP contribution is 2.39. The number of nitrogens with two attached hydrogens (primary N) is 1. The number of fused-ring (bicyclic) bond motifs is 1. The Labute approximate surface area is 207 Å². The van der Waals surface area contributed by atoms with E-state index in [1.807, 2.05) is 0 Å². The number of carbonyl (C=O) groups is 1. The molecule has 4 aromatic rings. The summed E-state index contributed by atoms with van der Waals surface area (Å²) >= 11 is 0. The number of imidazole rings is 1. The molecule has 192 valence electrons. The van der Waals surface area contributed by atoms with E-state index in [0.717, 1.165) is 30.3 Å². The molecule has 5 rings (SSSR count). The molecule has 2 aromatic heterocycles. The van der Waals surface area contributed by atoms with Crippen molar-refractivity contribution in [2.45, 2.75) is 18.9 Å². The Morgan fingerprint density at radius 3 is 2.46 bits per heavy atom. The molecule has 1 amide bonds. The summed E-state index contributed by atoms with van der Waals surface area (Å²) in [5, 5.41) is 6.46. The van der Waals surface area contributed by atoms with Crippen LogP contribution in [0.3, 0.4) is 0 Å². The molecule has 37 heavy (non-hydrogen) atoms. The molecule has 1 saturated heterocycles. The molecule has 1 aliphatic rings. The first-order chi connectivity index (χ1) is 17.5. The van der Waals surface area contributed by atoms with Crippen LogP contribution >= 0.6 is 0 Å². The van der Waals surface area contributed by atoms with Gasteiger partial charge in [-0.2, -0.15) is 9.78 Å². The van der Waals surface area contributed by atoms with Crippen LogP contribution in [0.4, 0.5) is 28.9 Å². The lowest BCUT2D eigenvalue weighted by atomic mass is 10.2. The minimum atomic E-state index is -3.16. The van der Waals surface area contributed by atoms with Crippen molar-refractivity contribution in [1.29, 1.82) is 0 Å². The summed E-state index contributed by atoms with van der Waals surface area (Å²) in [6.45, 7) is 0.892. The molecular weight excluding hydrogens is 494 g/mol. The monoisotopic (exact) mass is 515 g/mol. The Hall–Kier alpha value is -4.26. The summed E-state index contributed by atoms with van der Waals surface area (Å²) in [5.41, 5.74) is 5.16. The average molecular weight is 515 g/mol. The number of anilines is 2. The van der Waals surface area contributed by atoms with Gasteiger partial charge in [-0.3, -0.25) is 9.59 Å². The van der Waals surface area contributed by atoms with Crippen molar-refractivity contribution >= 4 is 28.3 Å². The molecule has 0 saturated carbocycles. The third-order valence-corrected chi connectivity index (χ3v) is 6.36. The molecule has 0 bridgehead atoms. The van der Waals surface area contributed by atoms with Gasteiger partial charge >= 0.3 is 0 Å². The minimum absolute atomic E-state index is 0.150. The maximum atomic E-state index is 14.3. The van der Waals surface area contributed by atoms with Gasteiger partial charge in [-0.1, -0.05) is 6.07 Å². The number of nitrogens with zero attached hydrogens (tertiary/aromatic N) is 5. The number of alkyl halides is 2. The highest BCUT2D eigenvalue weighted by atomic mass is 19.3. The van der Waals surface area contributed by atoms with E-state index in [1.54, 1.807) is 24.6 Å². The first-order valence-corrected chi connectivity index (χ1v) is 11.2. The van der Waals surface area contributed by atoms with Gasteiger partial charge in [0.05, 0.1) is 29.5 Å². The Bertz CT molecular complexity index is 1590. The Morgan fingerprint density at radius 1 is 1.11 bits per heavy atom. The number of carbonyl (C=O) groups excluding carboxylic acids is 1. The third kappa shape index (κ3) is 4.10. The van der Waals surface area contributed by atoms with E-state index in [1.165, 1.54) is 11.0 Å². The topological polar surface area (TPSA) is 111 Å². The number of para-hydroxylation sites is 1. The molecule has 2 aromatic carbocycles. The highest BCUT2D eigenvalue weighted by Gasteiger charge is 2.47. The molecule has 1 fully saturated rings. The number of hydrogen-bond acceptors (Lipinski definition) is 6. The van der Waals surface area contributed by atoms with Crippen LogP contribution in [0.2, 0.25) is 0 Å². The van der Waals surface area contributed by atoms with Crippen molar-refractivity contribution in [3.05, 3.63) is 76.0 Å². The number of amides is 1. The van der Waals surface area contributed by atoms with E-state index in [4.69, 9.17) is 5.73 Å². The molecule has 1 atom stereocenters. The van der Waals surface area contributed by atoms with Crippen molar-refractivity contribution in [1.82, 2.24) is 19.3 Å². The van der Waals surface area contributed by atoms with E-state index >= 15 is 0 Å². The lowest BCUT2D eigenvalue weighted by Crippen LogP contribution is -2.38. The van der Waals surface area contributed by atoms with E-state index < -0.39 is 47.3 Å². The van der Waals surface area contributed by atoms with E-state index in [2.05, 4.69) is 15.4 Å². The third-order valence-electron chi connectivity index (χ3n) is 6.36. The van der Waals surface area contributed by atoms with Gasteiger partial charge in [0.25, 0.3) is 17.4 Å². The summed E-state index contributed by atoms with van der Waals surface area (Å²) in [5.74, 6) is -5.47. The number of aryl methyl sites for hydroxylation is 2. The molecule has 13 heteroatoms. The van der Waals surface area contributed by atoms with Gasteiger partial charge < -0.3 is 20.5 Å². The molecule has 0 spiro atoms. The number of hydrogen-bond donors (Lipinski definition) is 2. The predicted molar refractivity (Wildman–Crippen MR) is 128 cm³/mol. The summed E-state index contributed by atoms with van der Waals surface area (Å²) in [6.07, 6.45) is 0. The Balaban J connectivity index is 1.57. The normalized spacial score (nSPS) is 16.9. The van der Waals surface area contributed by atoms with Crippen LogP contribution in [0.1, 0.15) is 16.3 Å². The molecule has 1 aliphatic heterocycles. The van der Waals surface area contributed by atoms with Crippen LogP contribution < -0.4 is 21.5 Å². The van der Waals surface area contributed by atoms with Crippen molar-refractivity contribution in [3.8, 4) is 5.69 Å². The average Bonchev–Trinajstić information content (AvgIpc) is 3.27. The lowest BCUT2D eigenvalue weighted by molar-refractivity contribution is 0.00967. The molecule has 0 unspecified atom stereocenters. The Kier molecular flexibility index (Phi) is 5.74. The summed E-state index contributed by atoms with van der Waals surface area (Å²) in [6, 6.07) is 6.85.